The lowest BCUT2D eigenvalue weighted by Gasteiger charge is -2.35. The molecule has 2 amide bonds. The monoisotopic (exact) mass is 427 g/mol. The van der Waals surface area contributed by atoms with E-state index in [-0.39, 0.29) is 24.2 Å². The molecule has 3 N–H and O–H groups in total. The molecular formula is C25H33NO5. The maximum Gasteiger partial charge on any atom is 0.233 e. The van der Waals surface area contributed by atoms with Gasteiger partial charge in [-0.3, -0.25) is 14.5 Å². The highest BCUT2D eigenvalue weighted by atomic mass is 16.3. The number of hydrogen-bond donors (Lipinski definition) is 3. The van der Waals surface area contributed by atoms with Crippen LogP contribution in [0.3, 0.4) is 0 Å². The SMILES string of the molecule is CCC/C(=C\c1cccc(O)c1)CC[C@@H](O)C1=C(C)C[C@H]2C(=O)N(C)C(=O)[C@H]2[C@H]1CO. The molecule has 1 aromatic rings. The number of allylic oxidation sites excluding steroid dienone is 2. The minimum absolute atomic E-state index is 0.194. The molecule has 31 heavy (non-hydrogen) atoms. The summed E-state index contributed by atoms with van der Waals surface area (Å²) in [5.74, 6) is -1.79. The molecular weight excluding hydrogens is 394 g/mol. The van der Waals surface area contributed by atoms with E-state index in [1.54, 1.807) is 18.2 Å². The lowest BCUT2D eigenvalue weighted by molar-refractivity contribution is -0.138. The number of phenols is 1. The number of amides is 2. The van der Waals surface area contributed by atoms with E-state index in [1.165, 1.54) is 12.6 Å². The third kappa shape index (κ3) is 4.75. The van der Waals surface area contributed by atoms with E-state index in [0.717, 1.165) is 28.9 Å². The van der Waals surface area contributed by atoms with E-state index in [0.29, 0.717) is 24.8 Å². The molecule has 0 aromatic heterocycles. The summed E-state index contributed by atoms with van der Waals surface area (Å²) < 4.78 is 0. The Morgan fingerprint density at radius 1 is 1.26 bits per heavy atom. The van der Waals surface area contributed by atoms with E-state index in [2.05, 4.69) is 6.92 Å². The Morgan fingerprint density at radius 3 is 2.65 bits per heavy atom. The molecule has 0 radical (unpaired) electrons. The second kappa shape index (κ2) is 9.79. The maximum absolute atomic E-state index is 12.6. The van der Waals surface area contributed by atoms with Crippen molar-refractivity contribution >= 4 is 17.9 Å². The summed E-state index contributed by atoms with van der Waals surface area (Å²) in [7, 11) is 1.49. The van der Waals surface area contributed by atoms with Gasteiger partial charge in [0, 0.05) is 13.0 Å². The van der Waals surface area contributed by atoms with Gasteiger partial charge in [-0.2, -0.15) is 0 Å². The number of carbonyl (C=O) groups excluding carboxylic acids is 2. The van der Waals surface area contributed by atoms with Gasteiger partial charge >= 0.3 is 0 Å². The fourth-order valence-corrected chi connectivity index (χ4v) is 5.19. The molecule has 1 aliphatic heterocycles. The Hall–Kier alpha value is -2.44. The van der Waals surface area contributed by atoms with Crippen LogP contribution in [0, 0.1) is 17.8 Å². The highest BCUT2D eigenvalue weighted by Crippen LogP contribution is 2.45. The normalized spacial score (nSPS) is 25.3. The van der Waals surface area contributed by atoms with Gasteiger partial charge in [-0.05, 0) is 55.9 Å². The standard InChI is InChI=1S/C25H33NO5/c1-4-6-16(12-17-7-5-8-18(28)13-17)9-10-21(29)22-15(2)11-19-23(20(22)14-27)25(31)26(3)24(19)30/h5,7-8,12-13,19-21,23,27-29H,4,6,9-11,14H2,1-3H3/b16-12+/t19-,20+,21-,23-/m1/s1. The van der Waals surface area contributed by atoms with Gasteiger partial charge in [0.05, 0.1) is 24.5 Å². The van der Waals surface area contributed by atoms with Gasteiger partial charge in [0.15, 0.2) is 0 Å². The number of hydrogen-bond acceptors (Lipinski definition) is 5. The van der Waals surface area contributed by atoms with Crippen molar-refractivity contribution in [1.82, 2.24) is 4.90 Å². The Balaban J connectivity index is 1.78. The predicted molar refractivity (Wildman–Crippen MR) is 119 cm³/mol. The highest BCUT2D eigenvalue weighted by molar-refractivity contribution is 6.05. The second-order valence-corrected chi connectivity index (χ2v) is 8.80. The number of carbonyl (C=O) groups is 2. The van der Waals surface area contributed by atoms with Crippen LogP contribution in [-0.2, 0) is 9.59 Å². The molecule has 168 valence electrons. The lowest BCUT2D eigenvalue weighted by atomic mass is 9.68. The minimum Gasteiger partial charge on any atom is -0.508 e. The predicted octanol–water partition coefficient (Wildman–Crippen LogP) is 3.28. The average molecular weight is 428 g/mol. The third-order valence-corrected chi connectivity index (χ3v) is 6.66. The Morgan fingerprint density at radius 2 is 2.00 bits per heavy atom. The first-order valence-electron chi connectivity index (χ1n) is 11.1. The highest BCUT2D eigenvalue weighted by Gasteiger charge is 2.53. The molecule has 3 rings (SSSR count). The van der Waals surface area contributed by atoms with Gasteiger partial charge in [-0.1, -0.05) is 42.7 Å². The molecule has 1 fully saturated rings. The summed E-state index contributed by atoms with van der Waals surface area (Å²) in [6.07, 6.45) is 4.70. The molecule has 1 aromatic carbocycles. The molecule has 0 spiro atoms. The zero-order chi connectivity index (χ0) is 22.7. The smallest absolute Gasteiger partial charge is 0.233 e. The first-order chi connectivity index (χ1) is 14.8. The zero-order valence-corrected chi connectivity index (χ0v) is 18.5. The molecule has 0 saturated carbocycles. The number of aliphatic hydroxyl groups is 2. The molecule has 1 saturated heterocycles. The molecule has 0 unspecified atom stereocenters. The van der Waals surface area contributed by atoms with Crippen molar-refractivity contribution in [2.24, 2.45) is 17.8 Å². The van der Waals surface area contributed by atoms with Crippen molar-refractivity contribution < 1.29 is 24.9 Å². The number of aliphatic hydroxyl groups excluding tert-OH is 2. The number of aromatic hydroxyl groups is 1. The molecule has 0 bridgehead atoms. The van der Waals surface area contributed by atoms with Crippen molar-refractivity contribution in [1.29, 1.82) is 0 Å². The topological polar surface area (TPSA) is 98.1 Å². The summed E-state index contributed by atoms with van der Waals surface area (Å²) in [5.41, 5.74) is 3.71. The van der Waals surface area contributed by atoms with E-state index in [4.69, 9.17) is 0 Å². The van der Waals surface area contributed by atoms with Crippen LogP contribution >= 0.6 is 0 Å². The minimum atomic E-state index is -0.781. The van der Waals surface area contributed by atoms with Gasteiger partial charge in [-0.15, -0.1) is 0 Å². The van der Waals surface area contributed by atoms with Crippen molar-refractivity contribution in [3.05, 3.63) is 46.5 Å². The first kappa shape index (κ1) is 23.2. The van der Waals surface area contributed by atoms with Gasteiger partial charge in [0.2, 0.25) is 11.8 Å². The van der Waals surface area contributed by atoms with Crippen LogP contribution in [0.5, 0.6) is 5.75 Å². The Kier molecular flexibility index (Phi) is 7.34. The van der Waals surface area contributed by atoms with Crippen LogP contribution in [0.2, 0.25) is 0 Å². The van der Waals surface area contributed by atoms with Crippen LogP contribution in [0.1, 0.15) is 51.5 Å². The number of benzene rings is 1. The van der Waals surface area contributed by atoms with Crippen LogP contribution < -0.4 is 0 Å². The number of likely N-dealkylation sites (tertiary alicyclic amines) is 1. The second-order valence-electron chi connectivity index (χ2n) is 8.80. The number of imide groups is 1. The molecule has 1 aliphatic carbocycles. The molecule has 1 heterocycles. The number of rotatable bonds is 8. The fourth-order valence-electron chi connectivity index (χ4n) is 5.19. The quantitative estimate of drug-likeness (QED) is 0.437. The number of phenolic OH excluding ortho intramolecular Hbond substituents is 1. The van der Waals surface area contributed by atoms with Crippen LogP contribution in [0.15, 0.2) is 41.0 Å². The van der Waals surface area contributed by atoms with Crippen molar-refractivity contribution in [3.8, 4) is 5.75 Å². The van der Waals surface area contributed by atoms with Crippen LogP contribution in [-0.4, -0.2) is 51.8 Å². The van der Waals surface area contributed by atoms with Crippen molar-refractivity contribution in [2.45, 2.75) is 52.1 Å². The first-order valence-corrected chi connectivity index (χ1v) is 11.1. The number of nitrogens with zero attached hydrogens (tertiary/aromatic N) is 1. The summed E-state index contributed by atoms with van der Waals surface area (Å²) in [6, 6.07) is 7.07. The van der Waals surface area contributed by atoms with Crippen LogP contribution in [0.4, 0.5) is 0 Å². The van der Waals surface area contributed by atoms with Crippen LogP contribution in [0.25, 0.3) is 6.08 Å². The molecule has 4 atom stereocenters. The summed E-state index contributed by atoms with van der Waals surface area (Å²) in [6.45, 7) is 3.73. The van der Waals surface area contributed by atoms with Gasteiger partial charge in [-0.25, -0.2) is 0 Å². The van der Waals surface area contributed by atoms with Gasteiger partial charge in [0.25, 0.3) is 0 Å². The summed E-state index contributed by atoms with van der Waals surface area (Å²) >= 11 is 0. The fraction of sp³-hybridized carbons (Fsp3) is 0.520. The Labute approximate surface area is 183 Å². The van der Waals surface area contributed by atoms with E-state index in [1.807, 2.05) is 19.1 Å². The molecule has 2 aliphatic rings. The van der Waals surface area contributed by atoms with E-state index in [9.17, 15) is 24.9 Å². The average Bonchev–Trinajstić information content (AvgIpc) is 2.95. The number of fused-ring (bicyclic) bond motifs is 1. The Bertz CT molecular complexity index is 903. The summed E-state index contributed by atoms with van der Waals surface area (Å²) in [5, 5.41) is 30.9. The zero-order valence-electron chi connectivity index (χ0n) is 18.5. The van der Waals surface area contributed by atoms with Gasteiger partial charge in [0.1, 0.15) is 5.75 Å². The molecule has 6 heteroatoms. The van der Waals surface area contributed by atoms with Crippen molar-refractivity contribution in [2.75, 3.05) is 13.7 Å². The third-order valence-electron chi connectivity index (χ3n) is 6.66. The van der Waals surface area contributed by atoms with E-state index < -0.39 is 23.9 Å². The van der Waals surface area contributed by atoms with Crippen molar-refractivity contribution in [3.63, 3.8) is 0 Å². The largest absolute Gasteiger partial charge is 0.508 e. The van der Waals surface area contributed by atoms with Gasteiger partial charge < -0.3 is 15.3 Å². The van der Waals surface area contributed by atoms with E-state index >= 15 is 0 Å². The maximum atomic E-state index is 12.6. The lowest BCUT2D eigenvalue weighted by Crippen LogP contribution is -2.38. The molecule has 6 nitrogen and oxygen atoms in total. The summed E-state index contributed by atoms with van der Waals surface area (Å²) in [4.78, 5) is 26.2.